The number of benzene rings is 1. The van der Waals surface area contributed by atoms with Gasteiger partial charge in [-0.05, 0) is 24.6 Å². The molecule has 0 radical (unpaired) electrons. The Morgan fingerprint density at radius 2 is 2.40 bits per heavy atom. The van der Waals surface area contributed by atoms with Crippen molar-refractivity contribution in [2.24, 2.45) is 0 Å². The Bertz CT molecular complexity index is 536. The summed E-state index contributed by atoms with van der Waals surface area (Å²) in [7, 11) is 1.63. The SMILES string of the molecule is COc1ccc(C#N)cc1CN1CCC(NC(C)=O)C1. The van der Waals surface area contributed by atoms with E-state index in [2.05, 4.69) is 16.3 Å². The van der Waals surface area contributed by atoms with Crippen molar-refractivity contribution in [1.29, 1.82) is 5.26 Å². The Labute approximate surface area is 119 Å². The Balaban J connectivity index is 2.03. The molecule has 20 heavy (non-hydrogen) atoms. The summed E-state index contributed by atoms with van der Waals surface area (Å²) in [5.74, 6) is 0.813. The number of rotatable bonds is 4. The smallest absolute Gasteiger partial charge is 0.217 e. The maximum absolute atomic E-state index is 11.1. The number of nitrogens with zero attached hydrogens (tertiary/aromatic N) is 2. The van der Waals surface area contributed by atoms with Gasteiger partial charge in [0.2, 0.25) is 5.91 Å². The van der Waals surface area contributed by atoms with E-state index in [1.54, 1.807) is 20.1 Å². The maximum Gasteiger partial charge on any atom is 0.217 e. The molecular weight excluding hydrogens is 254 g/mol. The second-order valence-electron chi connectivity index (χ2n) is 5.06. The predicted octanol–water partition coefficient (Wildman–Crippen LogP) is 1.28. The number of nitriles is 1. The van der Waals surface area contributed by atoms with Crippen LogP contribution >= 0.6 is 0 Å². The number of amides is 1. The first-order chi connectivity index (χ1) is 9.62. The number of likely N-dealkylation sites (tertiary alicyclic amines) is 1. The fourth-order valence-corrected chi connectivity index (χ4v) is 2.59. The average Bonchev–Trinajstić information content (AvgIpc) is 2.85. The van der Waals surface area contributed by atoms with Gasteiger partial charge in [0.15, 0.2) is 0 Å². The highest BCUT2D eigenvalue weighted by Gasteiger charge is 2.23. The lowest BCUT2D eigenvalue weighted by atomic mass is 10.1. The Kier molecular flexibility index (Phi) is 4.59. The van der Waals surface area contributed by atoms with E-state index >= 15 is 0 Å². The van der Waals surface area contributed by atoms with E-state index in [1.807, 2.05) is 12.1 Å². The van der Waals surface area contributed by atoms with E-state index in [0.29, 0.717) is 5.56 Å². The molecule has 0 saturated carbocycles. The summed E-state index contributed by atoms with van der Waals surface area (Å²) < 4.78 is 5.34. The molecule has 1 atom stereocenters. The molecule has 0 bridgehead atoms. The molecule has 1 aliphatic rings. The number of carbonyl (C=O) groups is 1. The third-order valence-electron chi connectivity index (χ3n) is 3.48. The second kappa shape index (κ2) is 6.40. The maximum atomic E-state index is 11.1. The molecular formula is C15H19N3O2. The van der Waals surface area contributed by atoms with Gasteiger partial charge in [0.25, 0.3) is 0 Å². The predicted molar refractivity (Wildman–Crippen MR) is 75.2 cm³/mol. The minimum absolute atomic E-state index is 0.0147. The van der Waals surface area contributed by atoms with E-state index in [1.165, 1.54) is 0 Å². The van der Waals surface area contributed by atoms with Gasteiger partial charge in [0, 0.05) is 38.2 Å². The molecule has 5 nitrogen and oxygen atoms in total. The molecule has 1 N–H and O–H groups in total. The fraction of sp³-hybridized carbons (Fsp3) is 0.467. The summed E-state index contributed by atoms with van der Waals surface area (Å²) in [5, 5.41) is 11.9. The first-order valence-corrected chi connectivity index (χ1v) is 6.69. The lowest BCUT2D eigenvalue weighted by molar-refractivity contribution is -0.119. The molecule has 1 fully saturated rings. The van der Waals surface area contributed by atoms with Crippen LogP contribution in [0.15, 0.2) is 18.2 Å². The molecule has 0 aromatic heterocycles. The first kappa shape index (κ1) is 14.4. The lowest BCUT2D eigenvalue weighted by Crippen LogP contribution is -2.35. The van der Waals surface area contributed by atoms with Crippen LogP contribution in [0.25, 0.3) is 0 Å². The summed E-state index contributed by atoms with van der Waals surface area (Å²) in [6.07, 6.45) is 0.958. The van der Waals surface area contributed by atoms with E-state index in [0.717, 1.165) is 37.4 Å². The highest BCUT2D eigenvalue weighted by Crippen LogP contribution is 2.23. The van der Waals surface area contributed by atoms with Gasteiger partial charge >= 0.3 is 0 Å². The molecule has 0 aliphatic carbocycles. The molecule has 0 spiro atoms. The molecule has 1 unspecified atom stereocenters. The van der Waals surface area contributed by atoms with E-state index in [-0.39, 0.29) is 11.9 Å². The topological polar surface area (TPSA) is 65.4 Å². The van der Waals surface area contributed by atoms with Crippen molar-refractivity contribution in [3.8, 4) is 11.8 Å². The van der Waals surface area contributed by atoms with Gasteiger partial charge in [-0.15, -0.1) is 0 Å². The molecule has 2 rings (SSSR count). The molecule has 106 valence electrons. The zero-order valence-corrected chi connectivity index (χ0v) is 11.8. The quantitative estimate of drug-likeness (QED) is 0.897. The van der Waals surface area contributed by atoms with Crippen molar-refractivity contribution in [1.82, 2.24) is 10.2 Å². The van der Waals surface area contributed by atoms with Crippen molar-refractivity contribution in [3.63, 3.8) is 0 Å². The summed E-state index contributed by atoms with van der Waals surface area (Å²) >= 11 is 0. The van der Waals surface area contributed by atoms with Crippen LogP contribution < -0.4 is 10.1 Å². The number of nitrogens with one attached hydrogen (secondary N) is 1. The zero-order valence-electron chi connectivity index (χ0n) is 11.8. The minimum atomic E-state index is 0.0147. The number of carbonyl (C=O) groups excluding carboxylic acids is 1. The second-order valence-corrected chi connectivity index (χ2v) is 5.06. The van der Waals surface area contributed by atoms with Crippen LogP contribution in [0.2, 0.25) is 0 Å². The Hall–Kier alpha value is -2.06. The molecule has 1 heterocycles. The fourth-order valence-electron chi connectivity index (χ4n) is 2.59. The van der Waals surface area contributed by atoms with Gasteiger partial charge in [-0.25, -0.2) is 0 Å². The van der Waals surface area contributed by atoms with Crippen molar-refractivity contribution >= 4 is 5.91 Å². The van der Waals surface area contributed by atoms with E-state index in [4.69, 9.17) is 10.00 Å². The van der Waals surface area contributed by atoms with Gasteiger partial charge in [0.1, 0.15) is 5.75 Å². The van der Waals surface area contributed by atoms with Crippen molar-refractivity contribution < 1.29 is 9.53 Å². The molecule has 1 amide bonds. The third kappa shape index (κ3) is 3.49. The molecule has 1 aromatic carbocycles. The third-order valence-corrected chi connectivity index (χ3v) is 3.48. The van der Waals surface area contributed by atoms with Gasteiger partial charge in [0.05, 0.1) is 18.7 Å². The average molecular weight is 273 g/mol. The van der Waals surface area contributed by atoms with Crippen molar-refractivity contribution in [2.75, 3.05) is 20.2 Å². The highest BCUT2D eigenvalue weighted by molar-refractivity contribution is 5.73. The monoisotopic (exact) mass is 273 g/mol. The van der Waals surface area contributed by atoms with E-state index < -0.39 is 0 Å². The Morgan fingerprint density at radius 3 is 3.05 bits per heavy atom. The van der Waals surface area contributed by atoms with Gasteiger partial charge < -0.3 is 10.1 Å². The van der Waals surface area contributed by atoms with Crippen LogP contribution in [0.5, 0.6) is 5.75 Å². The first-order valence-electron chi connectivity index (χ1n) is 6.69. The summed E-state index contributed by atoms with van der Waals surface area (Å²) in [5.41, 5.74) is 1.65. The van der Waals surface area contributed by atoms with Gasteiger partial charge in [-0.2, -0.15) is 5.26 Å². The minimum Gasteiger partial charge on any atom is -0.496 e. The molecule has 1 aromatic rings. The Morgan fingerprint density at radius 1 is 1.60 bits per heavy atom. The number of hydrogen-bond donors (Lipinski definition) is 1. The van der Waals surface area contributed by atoms with Crippen molar-refractivity contribution in [2.45, 2.75) is 25.9 Å². The standard InChI is InChI=1S/C15H19N3O2/c1-11(19)17-14-5-6-18(10-14)9-13-7-12(8-16)3-4-15(13)20-2/h3-4,7,14H,5-6,9-10H2,1-2H3,(H,17,19). The molecule has 5 heteroatoms. The molecule has 1 saturated heterocycles. The number of methoxy groups -OCH3 is 1. The summed E-state index contributed by atoms with van der Waals surface area (Å²) in [6.45, 7) is 4.04. The van der Waals surface area contributed by atoms with Crippen LogP contribution in [-0.2, 0) is 11.3 Å². The van der Waals surface area contributed by atoms with E-state index in [9.17, 15) is 4.79 Å². The van der Waals surface area contributed by atoms with Gasteiger partial charge in [-0.1, -0.05) is 0 Å². The zero-order chi connectivity index (χ0) is 14.5. The van der Waals surface area contributed by atoms with Crippen LogP contribution in [0.3, 0.4) is 0 Å². The summed E-state index contributed by atoms with van der Waals surface area (Å²) in [6, 6.07) is 7.82. The highest BCUT2D eigenvalue weighted by atomic mass is 16.5. The van der Waals surface area contributed by atoms with Crippen LogP contribution in [0.1, 0.15) is 24.5 Å². The van der Waals surface area contributed by atoms with Crippen LogP contribution in [0, 0.1) is 11.3 Å². The molecule has 1 aliphatic heterocycles. The van der Waals surface area contributed by atoms with Crippen LogP contribution in [0.4, 0.5) is 0 Å². The van der Waals surface area contributed by atoms with Crippen molar-refractivity contribution in [3.05, 3.63) is 29.3 Å². The normalized spacial score (nSPS) is 18.6. The number of ether oxygens (including phenoxy) is 1. The summed E-state index contributed by atoms with van der Waals surface area (Å²) in [4.78, 5) is 13.3. The van der Waals surface area contributed by atoms with Crippen LogP contribution in [-0.4, -0.2) is 37.0 Å². The largest absolute Gasteiger partial charge is 0.496 e. The van der Waals surface area contributed by atoms with Gasteiger partial charge in [-0.3, -0.25) is 9.69 Å². The lowest BCUT2D eigenvalue weighted by Gasteiger charge is -2.18. The number of hydrogen-bond acceptors (Lipinski definition) is 4.